The summed E-state index contributed by atoms with van der Waals surface area (Å²) in [6.07, 6.45) is -3.32. The summed E-state index contributed by atoms with van der Waals surface area (Å²) in [5.74, 6) is -0.339. The minimum Gasteiger partial charge on any atom is -0.373 e. The third kappa shape index (κ3) is 4.59. The molecule has 2 aliphatic rings. The van der Waals surface area contributed by atoms with Crippen LogP contribution in [0, 0.1) is 5.92 Å². The predicted molar refractivity (Wildman–Crippen MR) is 115 cm³/mol. The number of likely N-dealkylation sites (tertiary alicyclic amines) is 1. The Morgan fingerprint density at radius 1 is 0.875 bits per heavy atom. The molecule has 8 heteroatoms. The number of nitrogens with zero attached hydrogens (tertiary/aromatic N) is 3. The first-order chi connectivity index (χ1) is 15.2. The van der Waals surface area contributed by atoms with Crippen LogP contribution in [0.15, 0.2) is 48.5 Å². The first-order valence-corrected chi connectivity index (χ1v) is 10.8. The van der Waals surface area contributed by atoms with E-state index in [2.05, 4.69) is 11.0 Å². The second kappa shape index (κ2) is 8.84. The van der Waals surface area contributed by atoms with E-state index in [1.165, 1.54) is 12.1 Å². The van der Waals surface area contributed by atoms with Gasteiger partial charge in [0, 0.05) is 56.9 Å². The zero-order chi connectivity index (χ0) is 22.9. The van der Waals surface area contributed by atoms with Crippen molar-refractivity contribution in [1.29, 1.82) is 0 Å². The average Bonchev–Trinajstić information content (AvgIpc) is 2.97. The summed E-state index contributed by atoms with van der Waals surface area (Å²) in [6, 6.07) is 12.4. The number of fused-ring (bicyclic) bond motifs is 1. The maximum atomic E-state index is 13.2. The second-order valence-corrected chi connectivity index (χ2v) is 8.45. The minimum atomic E-state index is -4.43. The van der Waals surface area contributed by atoms with Gasteiger partial charge in [-0.2, -0.15) is 13.2 Å². The minimum absolute atomic E-state index is 0.108. The Labute approximate surface area is 185 Å². The molecule has 0 aromatic heterocycles. The fraction of sp³-hybridized carbons (Fsp3) is 0.417. The summed E-state index contributed by atoms with van der Waals surface area (Å²) in [7, 11) is 2.03. The number of likely N-dealkylation sites (N-methyl/N-ethyl adjacent to an activating group) is 1. The molecular formula is C24H26F3N3O2. The van der Waals surface area contributed by atoms with Crippen molar-refractivity contribution in [2.24, 2.45) is 5.92 Å². The molecule has 170 valence electrons. The quantitative estimate of drug-likeness (QED) is 0.701. The van der Waals surface area contributed by atoms with Crippen molar-refractivity contribution < 1.29 is 22.8 Å². The molecule has 32 heavy (non-hydrogen) atoms. The van der Waals surface area contributed by atoms with E-state index in [-0.39, 0.29) is 23.3 Å². The van der Waals surface area contributed by atoms with Gasteiger partial charge in [0.05, 0.1) is 5.56 Å². The van der Waals surface area contributed by atoms with E-state index in [9.17, 15) is 22.8 Å². The fourth-order valence-electron chi connectivity index (χ4n) is 4.45. The van der Waals surface area contributed by atoms with Crippen molar-refractivity contribution in [3.05, 3.63) is 65.2 Å². The summed E-state index contributed by atoms with van der Waals surface area (Å²) in [6.45, 7) is 2.81. The van der Waals surface area contributed by atoms with Crippen LogP contribution in [0.5, 0.6) is 0 Å². The number of piperidine rings is 1. The number of para-hydroxylation sites is 1. The maximum Gasteiger partial charge on any atom is 0.416 e. The van der Waals surface area contributed by atoms with Crippen LogP contribution in [0.2, 0.25) is 0 Å². The van der Waals surface area contributed by atoms with Gasteiger partial charge in [0.25, 0.3) is 5.91 Å². The number of alkyl halides is 3. The number of hydrogen-bond acceptors (Lipinski definition) is 3. The van der Waals surface area contributed by atoms with Gasteiger partial charge in [-0.3, -0.25) is 9.59 Å². The third-order valence-corrected chi connectivity index (χ3v) is 6.37. The van der Waals surface area contributed by atoms with Crippen molar-refractivity contribution in [3.8, 4) is 0 Å². The van der Waals surface area contributed by atoms with E-state index < -0.39 is 11.7 Å². The van der Waals surface area contributed by atoms with Gasteiger partial charge in [-0.1, -0.05) is 18.2 Å². The normalized spacial score (nSPS) is 17.7. The first-order valence-electron chi connectivity index (χ1n) is 10.8. The SMILES string of the molecule is CN1CCN(C(=O)C2CCN(C(=O)c3ccc(C(F)(F)F)cc3)CC2)Cc2ccccc21. The van der Waals surface area contributed by atoms with E-state index in [4.69, 9.17) is 0 Å². The molecule has 4 rings (SSSR count). The lowest BCUT2D eigenvalue weighted by atomic mass is 9.94. The van der Waals surface area contributed by atoms with Gasteiger partial charge in [0.2, 0.25) is 5.91 Å². The number of hydrogen-bond donors (Lipinski definition) is 0. The van der Waals surface area contributed by atoms with Crippen molar-refractivity contribution in [2.75, 3.05) is 38.1 Å². The van der Waals surface area contributed by atoms with E-state index >= 15 is 0 Å². The molecule has 0 radical (unpaired) electrons. The maximum absolute atomic E-state index is 13.2. The van der Waals surface area contributed by atoms with Crippen molar-refractivity contribution >= 4 is 17.5 Å². The fourth-order valence-corrected chi connectivity index (χ4v) is 4.45. The molecule has 2 amide bonds. The van der Waals surface area contributed by atoms with E-state index in [1.54, 1.807) is 4.90 Å². The number of benzene rings is 2. The molecule has 0 spiro atoms. The molecule has 2 aromatic rings. The summed E-state index contributed by atoms with van der Waals surface area (Å²) < 4.78 is 38.2. The van der Waals surface area contributed by atoms with E-state index in [0.29, 0.717) is 39.0 Å². The molecule has 2 aromatic carbocycles. The van der Waals surface area contributed by atoms with Crippen LogP contribution in [-0.2, 0) is 17.5 Å². The highest BCUT2D eigenvalue weighted by molar-refractivity contribution is 5.94. The Morgan fingerprint density at radius 2 is 1.53 bits per heavy atom. The Balaban J connectivity index is 1.36. The molecule has 0 saturated carbocycles. The second-order valence-electron chi connectivity index (χ2n) is 8.45. The van der Waals surface area contributed by atoms with Gasteiger partial charge in [-0.05, 0) is 48.7 Å². The number of rotatable bonds is 2. The van der Waals surface area contributed by atoms with Crippen LogP contribution in [0.4, 0.5) is 18.9 Å². The highest BCUT2D eigenvalue weighted by atomic mass is 19.4. The lowest BCUT2D eigenvalue weighted by Crippen LogP contribution is -2.45. The van der Waals surface area contributed by atoms with E-state index in [0.717, 1.165) is 29.9 Å². The molecule has 2 heterocycles. The molecule has 0 bridgehead atoms. The molecule has 5 nitrogen and oxygen atoms in total. The molecule has 0 N–H and O–H groups in total. The summed E-state index contributed by atoms with van der Waals surface area (Å²) in [4.78, 5) is 31.6. The van der Waals surface area contributed by atoms with Gasteiger partial charge in [-0.25, -0.2) is 0 Å². The Kier molecular flexibility index (Phi) is 6.13. The zero-order valence-corrected chi connectivity index (χ0v) is 17.9. The topological polar surface area (TPSA) is 43.9 Å². The number of halogens is 3. The Hall–Kier alpha value is -3.03. The largest absolute Gasteiger partial charge is 0.416 e. The highest BCUT2D eigenvalue weighted by Crippen LogP contribution is 2.30. The highest BCUT2D eigenvalue weighted by Gasteiger charge is 2.33. The van der Waals surface area contributed by atoms with Crippen LogP contribution in [0.25, 0.3) is 0 Å². The van der Waals surface area contributed by atoms with Gasteiger partial charge in [-0.15, -0.1) is 0 Å². The zero-order valence-electron chi connectivity index (χ0n) is 17.9. The lowest BCUT2D eigenvalue weighted by molar-refractivity contribution is -0.138. The van der Waals surface area contributed by atoms with Gasteiger partial charge in [0.15, 0.2) is 0 Å². The summed E-state index contributed by atoms with van der Waals surface area (Å²) >= 11 is 0. The van der Waals surface area contributed by atoms with Crippen LogP contribution in [0.1, 0.15) is 34.3 Å². The lowest BCUT2D eigenvalue weighted by Gasteiger charge is -2.34. The molecule has 1 saturated heterocycles. The molecule has 2 aliphatic heterocycles. The Morgan fingerprint density at radius 3 is 2.19 bits per heavy atom. The van der Waals surface area contributed by atoms with Gasteiger partial charge < -0.3 is 14.7 Å². The number of anilines is 1. The van der Waals surface area contributed by atoms with Gasteiger partial charge in [0.1, 0.15) is 0 Å². The van der Waals surface area contributed by atoms with Crippen LogP contribution in [-0.4, -0.2) is 54.8 Å². The third-order valence-electron chi connectivity index (χ3n) is 6.37. The molecule has 1 fully saturated rings. The molecular weight excluding hydrogens is 419 g/mol. The predicted octanol–water partition coefficient (Wildman–Crippen LogP) is 4.04. The number of carbonyl (C=O) groups excluding carboxylic acids is 2. The average molecular weight is 445 g/mol. The molecule has 0 atom stereocenters. The smallest absolute Gasteiger partial charge is 0.373 e. The first kappa shape index (κ1) is 22.2. The van der Waals surface area contributed by atoms with Crippen molar-refractivity contribution in [1.82, 2.24) is 9.80 Å². The summed E-state index contributed by atoms with van der Waals surface area (Å²) in [5, 5.41) is 0. The number of amides is 2. The van der Waals surface area contributed by atoms with Crippen molar-refractivity contribution in [3.63, 3.8) is 0 Å². The van der Waals surface area contributed by atoms with E-state index in [1.807, 2.05) is 30.1 Å². The molecule has 0 aliphatic carbocycles. The monoisotopic (exact) mass is 445 g/mol. The standard InChI is InChI=1S/C24H26F3N3O2/c1-28-14-15-30(16-19-4-2-3-5-21(19)28)23(32)18-10-12-29(13-11-18)22(31)17-6-8-20(9-7-17)24(25,26)27/h2-9,18H,10-16H2,1H3. The summed E-state index contributed by atoms with van der Waals surface area (Å²) in [5.41, 5.74) is 1.72. The van der Waals surface area contributed by atoms with Crippen LogP contribution in [0.3, 0.4) is 0 Å². The van der Waals surface area contributed by atoms with Gasteiger partial charge >= 0.3 is 6.18 Å². The number of carbonyl (C=O) groups is 2. The Bertz CT molecular complexity index is 983. The van der Waals surface area contributed by atoms with Crippen molar-refractivity contribution in [2.45, 2.75) is 25.6 Å². The van der Waals surface area contributed by atoms with Crippen LogP contribution < -0.4 is 4.90 Å². The van der Waals surface area contributed by atoms with Crippen LogP contribution >= 0.6 is 0 Å². The molecule has 0 unspecified atom stereocenters.